The molecule has 1 aromatic carbocycles. The van der Waals surface area contributed by atoms with E-state index in [2.05, 4.69) is 0 Å². The molecule has 0 aromatic heterocycles. The summed E-state index contributed by atoms with van der Waals surface area (Å²) in [5.41, 5.74) is 1.40. The van der Waals surface area contributed by atoms with E-state index in [1.54, 1.807) is 6.08 Å². The number of aldehydes is 1. The van der Waals surface area contributed by atoms with Crippen molar-refractivity contribution in [2.75, 3.05) is 19.8 Å². The van der Waals surface area contributed by atoms with Gasteiger partial charge in [-0.05, 0) is 18.2 Å². The molecule has 3 rings (SSSR count). The van der Waals surface area contributed by atoms with Crippen LogP contribution in [0.25, 0.3) is 6.08 Å². The highest BCUT2D eigenvalue weighted by Gasteiger charge is 2.21. The molecule has 4 nitrogen and oxygen atoms in total. The van der Waals surface area contributed by atoms with Gasteiger partial charge in [-0.15, -0.1) is 0 Å². The van der Waals surface area contributed by atoms with Crippen molar-refractivity contribution >= 4 is 12.4 Å². The molecule has 0 radical (unpaired) electrons. The van der Waals surface area contributed by atoms with E-state index in [1.165, 1.54) is 0 Å². The Labute approximate surface area is 92.4 Å². The molecule has 0 saturated heterocycles. The lowest BCUT2D eigenvalue weighted by Gasteiger charge is -2.24. The van der Waals surface area contributed by atoms with E-state index in [0.717, 1.165) is 17.6 Å². The van der Waals surface area contributed by atoms with Crippen molar-refractivity contribution in [2.24, 2.45) is 0 Å². The van der Waals surface area contributed by atoms with Gasteiger partial charge in [-0.3, -0.25) is 4.79 Å². The Kier molecular flexibility index (Phi) is 2.06. The van der Waals surface area contributed by atoms with Gasteiger partial charge in [0, 0.05) is 5.57 Å². The number of hydrogen-bond donors (Lipinski definition) is 0. The molecule has 2 aliphatic rings. The highest BCUT2D eigenvalue weighted by molar-refractivity contribution is 5.86. The smallest absolute Gasteiger partial charge is 0.172 e. The molecule has 16 heavy (non-hydrogen) atoms. The first-order valence-corrected chi connectivity index (χ1v) is 5.09. The molecule has 0 bridgehead atoms. The summed E-state index contributed by atoms with van der Waals surface area (Å²) in [7, 11) is 0. The van der Waals surface area contributed by atoms with Crippen molar-refractivity contribution in [3.8, 4) is 17.2 Å². The number of rotatable bonds is 1. The Morgan fingerprint density at radius 3 is 2.75 bits per heavy atom. The van der Waals surface area contributed by atoms with Gasteiger partial charge in [0.05, 0.1) is 5.56 Å². The van der Waals surface area contributed by atoms with E-state index in [-0.39, 0.29) is 0 Å². The van der Waals surface area contributed by atoms with Crippen LogP contribution in [0, 0.1) is 0 Å². The summed E-state index contributed by atoms with van der Waals surface area (Å²) >= 11 is 0. The summed E-state index contributed by atoms with van der Waals surface area (Å²) in [6.07, 6.45) is 2.59. The molecular formula is C12H10O4. The molecule has 0 N–H and O–H groups in total. The van der Waals surface area contributed by atoms with Gasteiger partial charge in [0.25, 0.3) is 0 Å². The number of ether oxygens (including phenoxy) is 3. The Morgan fingerprint density at radius 1 is 1.06 bits per heavy atom. The Morgan fingerprint density at radius 2 is 1.88 bits per heavy atom. The molecule has 2 heterocycles. The highest BCUT2D eigenvalue weighted by Crippen LogP contribution is 2.42. The molecule has 2 aliphatic heterocycles. The van der Waals surface area contributed by atoms with Gasteiger partial charge in [0.2, 0.25) is 0 Å². The Balaban J connectivity index is 2.16. The molecule has 82 valence electrons. The largest absolute Gasteiger partial charge is 0.488 e. The van der Waals surface area contributed by atoms with Gasteiger partial charge < -0.3 is 14.2 Å². The first kappa shape index (κ1) is 9.27. The van der Waals surface area contributed by atoms with Crippen LogP contribution in [0.1, 0.15) is 5.56 Å². The van der Waals surface area contributed by atoms with E-state index in [1.807, 2.05) is 12.1 Å². The second-order valence-electron chi connectivity index (χ2n) is 3.63. The molecule has 1 aromatic rings. The van der Waals surface area contributed by atoms with Crippen molar-refractivity contribution in [2.45, 2.75) is 0 Å². The summed E-state index contributed by atoms with van der Waals surface area (Å²) < 4.78 is 16.5. The first-order chi connectivity index (χ1) is 7.88. The summed E-state index contributed by atoms with van der Waals surface area (Å²) in [6, 6.07) is 3.66. The fraction of sp³-hybridized carbons (Fsp3) is 0.250. The Bertz CT molecular complexity index is 476. The monoisotopic (exact) mass is 218 g/mol. The van der Waals surface area contributed by atoms with E-state index in [0.29, 0.717) is 36.9 Å². The van der Waals surface area contributed by atoms with Crippen LogP contribution < -0.4 is 14.2 Å². The minimum atomic E-state index is 0.316. The van der Waals surface area contributed by atoms with E-state index >= 15 is 0 Å². The lowest BCUT2D eigenvalue weighted by Crippen LogP contribution is -2.17. The van der Waals surface area contributed by atoms with Crippen molar-refractivity contribution in [3.63, 3.8) is 0 Å². The molecule has 4 heteroatoms. The topological polar surface area (TPSA) is 44.8 Å². The number of benzene rings is 1. The molecule has 0 atom stereocenters. The van der Waals surface area contributed by atoms with Gasteiger partial charge in [-0.25, -0.2) is 0 Å². The van der Waals surface area contributed by atoms with Crippen LogP contribution >= 0.6 is 0 Å². The minimum Gasteiger partial charge on any atom is -0.488 e. The summed E-state index contributed by atoms with van der Waals surface area (Å²) in [5.74, 6) is 2.11. The minimum absolute atomic E-state index is 0.316. The van der Waals surface area contributed by atoms with Crippen LogP contribution in [-0.2, 0) is 4.79 Å². The predicted molar refractivity (Wildman–Crippen MR) is 57.0 cm³/mol. The van der Waals surface area contributed by atoms with Gasteiger partial charge in [0.1, 0.15) is 31.9 Å². The SMILES string of the molecule is O=CC1=Cc2c(ccc3c2OCCO3)OC1. The van der Waals surface area contributed by atoms with Crippen LogP contribution in [-0.4, -0.2) is 26.1 Å². The van der Waals surface area contributed by atoms with E-state index in [9.17, 15) is 4.79 Å². The van der Waals surface area contributed by atoms with Gasteiger partial charge in [-0.1, -0.05) is 0 Å². The van der Waals surface area contributed by atoms with Gasteiger partial charge >= 0.3 is 0 Å². The van der Waals surface area contributed by atoms with Crippen LogP contribution in [0.15, 0.2) is 17.7 Å². The molecule has 0 unspecified atom stereocenters. The molecule has 0 fully saturated rings. The molecule has 0 aliphatic carbocycles. The van der Waals surface area contributed by atoms with E-state index in [4.69, 9.17) is 14.2 Å². The molecule has 0 spiro atoms. The van der Waals surface area contributed by atoms with Crippen LogP contribution in [0.5, 0.6) is 17.2 Å². The van der Waals surface area contributed by atoms with Crippen LogP contribution in [0.4, 0.5) is 0 Å². The zero-order valence-corrected chi connectivity index (χ0v) is 8.56. The number of hydrogen-bond acceptors (Lipinski definition) is 4. The van der Waals surface area contributed by atoms with Gasteiger partial charge in [0.15, 0.2) is 11.5 Å². The molecule has 0 saturated carbocycles. The summed E-state index contributed by atoms with van der Waals surface area (Å²) in [5, 5.41) is 0. The fourth-order valence-electron chi connectivity index (χ4n) is 1.84. The zero-order valence-electron chi connectivity index (χ0n) is 8.56. The Hall–Kier alpha value is -1.97. The van der Waals surface area contributed by atoms with Crippen LogP contribution in [0.3, 0.4) is 0 Å². The second-order valence-corrected chi connectivity index (χ2v) is 3.63. The zero-order chi connectivity index (χ0) is 11.0. The predicted octanol–water partition coefficient (Wildman–Crippen LogP) is 1.43. The van der Waals surface area contributed by atoms with Crippen molar-refractivity contribution in [3.05, 3.63) is 23.3 Å². The third-order valence-corrected chi connectivity index (χ3v) is 2.58. The van der Waals surface area contributed by atoms with E-state index < -0.39 is 0 Å². The maximum absolute atomic E-state index is 10.7. The second kappa shape index (κ2) is 3.56. The molecular weight excluding hydrogens is 208 g/mol. The molecule has 0 amide bonds. The number of carbonyl (C=O) groups is 1. The third-order valence-electron chi connectivity index (χ3n) is 2.58. The standard InChI is InChI=1S/C12H10O4/c13-6-8-5-9-10(16-7-8)1-2-11-12(9)15-4-3-14-11/h1-2,5-6H,3-4,7H2. The van der Waals surface area contributed by atoms with Crippen molar-refractivity contribution < 1.29 is 19.0 Å². The average Bonchev–Trinajstić information content (AvgIpc) is 2.38. The first-order valence-electron chi connectivity index (χ1n) is 5.09. The summed E-state index contributed by atoms with van der Waals surface area (Å²) in [6.45, 7) is 1.39. The number of carbonyl (C=O) groups excluding carboxylic acids is 1. The van der Waals surface area contributed by atoms with Gasteiger partial charge in [-0.2, -0.15) is 0 Å². The maximum Gasteiger partial charge on any atom is 0.172 e. The lowest BCUT2D eigenvalue weighted by molar-refractivity contribution is -0.105. The normalized spacial score (nSPS) is 16.9. The highest BCUT2D eigenvalue weighted by atomic mass is 16.6. The quantitative estimate of drug-likeness (QED) is 0.669. The third kappa shape index (κ3) is 1.34. The average molecular weight is 218 g/mol. The maximum atomic E-state index is 10.7. The number of fused-ring (bicyclic) bond motifs is 3. The van der Waals surface area contributed by atoms with Crippen LogP contribution in [0.2, 0.25) is 0 Å². The lowest BCUT2D eigenvalue weighted by atomic mass is 10.1. The summed E-state index contributed by atoms with van der Waals surface area (Å²) in [4.78, 5) is 10.7. The van der Waals surface area contributed by atoms with Crippen molar-refractivity contribution in [1.82, 2.24) is 0 Å². The van der Waals surface area contributed by atoms with Crippen molar-refractivity contribution in [1.29, 1.82) is 0 Å². The fourth-order valence-corrected chi connectivity index (χ4v) is 1.84.